The predicted octanol–water partition coefficient (Wildman–Crippen LogP) is 1.94. The van der Waals surface area contributed by atoms with E-state index in [-0.39, 0.29) is 5.82 Å². The van der Waals surface area contributed by atoms with E-state index in [1.165, 1.54) is 16.4 Å². The zero-order chi connectivity index (χ0) is 14.9. The van der Waals surface area contributed by atoms with E-state index in [1.807, 2.05) is 24.3 Å². The van der Waals surface area contributed by atoms with Crippen LogP contribution >= 0.6 is 0 Å². The molecular formula is C14H14FN3O2S. The third kappa shape index (κ3) is 3.03. The van der Waals surface area contributed by atoms with E-state index in [0.717, 1.165) is 17.2 Å². The van der Waals surface area contributed by atoms with Crippen LogP contribution in [0.5, 0.6) is 0 Å². The molecule has 1 N–H and O–H groups in total. The van der Waals surface area contributed by atoms with Gasteiger partial charge in [-0.3, -0.25) is 4.72 Å². The molecule has 0 bridgehead atoms. The average Bonchev–Trinajstić information content (AvgIpc) is 2.46. The minimum Gasteiger partial charge on any atom is -0.254 e. The fourth-order valence-corrected chi connectivity index (χ4v) is 3.48. The molecule has 3 rings (SSSR count). The molecule has 0 unspecified atom stereocenters. The third-order valence-corrected chi connectivity index (χ3v) is 4.84. The topological polar surface area (TPSA) is 62.3 Å². The van der Waals surface area contributed by atoms with Crippen LogP contribution in [0.25, 0.3) is 0 Å². The number of hydrogen-bond donors (Lipinski definition) is 1. The van der Waals surface area contributed by atoms with Gasteiger partial charge in [-0.05, 0) is 29.7 Å². The monoisotopic (exact) mass is 307 g/mol. The molecule has 1 aliphatic rings. The van der Waals surface area contributed by atoms with Crippen LogP contribution < -0.4 is 4.72 Å². The summed E-state index contributed by atoms with van der Waals surface area (Å²) in [4.78, 5) is 3.51. The number of nitrogens with one attached hydrogen (secondary N) is 1. The molecule has 2 aromatic rings. The number of rotatable bonds is 3. The largest absolute Gasteiger partial charge is 0.303 e. The maximum absolute atomic E-state index is 13.0. The minimum atomic E-state index is -3.74. The van der Waals surface area contributed by atoms with Crippen molar-refractivity contribution in [3.63, 3.8) is 0 Å². The molecule has 7 heteroatoms. The van der Waals surface area contributed by atoms with Crippen molar-refractivity contribution in [3.8, 4) is 0 Å². The number of pyridine rings is 1. The van der Waals surface area contributed by atoms with Crippen molar-refractivity contribution in [1.82, 2.24) is 9.29 Å². The summed E-state index contributed by atoms with van der Waals surface area (Å²) in [5, 5.41) is 0. The quantitative estimate of drug-likeness (QED) is 0.882. The Labute approximate surface area is 122 Å². The summed E-state index contributed by atoms with van der Waals surface area (Å²) in [5.74, 6) is -0.743. The highest BCUT2D eigenvalue weighted by atomic mass is 32.2. The molecule has 0 spiro atoms. The lowest BCUT2D eigenvalue weighted by atomic mass is 10.0. The highest BCUT2D eigenvalue weighted by Crippen LogP contribution is 2.21. The van der Waals surface area contributed by atoms with E-state index < -0.39 is 16.2 Å². The van der Waals surface area contributed by atoms with Gasteiger partial charge in [0, 0.05) is 13.1 Å². The van der Waals surface area contributed by atoms with Crippen molar-refractivity contribution in [1.29, 1.82) is 0 Å². The van der Waals surface area contributed by atoms with Crippen LogP contribution in [0.2, 0.25) is 0 Å². The van der Waals surface area contributed by atoms with Crippen molar-refractivity contribution in [2.45, 2.75) is 13.0 Å². The molecule has 1 aromatic carbocycles. The lowest BCUT2D eigenvalue weighted by Gasteiger charge is -2.28. The van der Waals surface area contributed by atoms with Gasteiger partial charge in [-0.2, -0.15) is 17.1 Å². The first kappa shape index (κ1) is 14.0. The maximum atomic E-state index is 13.0. The smallest absolute Gasteiger partial charge is 0.254 e. The van der Waals surface area contributed by atoms with Crippen molar-refractivity contribution in [2.24, 2.45) is 0 Å². The third-order valence-electron chi connectivity index (χ3n) is 3.38. The normalized spacial score (nSPS) is 15.5. The second kappa shape index (κ2) is 5.42. The number of fused-ring (bicyclic) bond motifs is 1. The summed E-state index contributed by atoms with van der Waals surface area (Å²) in [7, 11) is -3.74. The summed E-state index contributed by atoms with van der Waals surface area (Å²) >= 11 is 0. The van der Waals surface area contributed by atoms with Crippen LogP contribution in [-0.2, 0) is 23.2 Å². The molecule has 21 heavy (non-hydrogen) atoms. The lowest BCUT2D eigenvalue weighted by molar-refractivity contribution is 0.394. The molecule has 0 saturated heterocycles. The fraction of sp³-hybridized carbons (Fsp3) is 0.214. The Kier molecular flexibility index (Phi) is 3.60. The number of hydrogen-bond acceptors (Lipinski definition) is 3. The number of nitrogens with zero attached hydrogens (tertiary/aromatic N) is 2. The van der Waals surface area contributed by atoms with Gasteiger partial charge in [-0.1, -0.05) is 30.3 Å². The van der Waals surface area contributed by atoms with Crippen LogP contribution in [0.1, 0.15) is 11.1 Å². The first-order chi connectivity index (χ1) is 10.0. The summed E-state index contributed by atoms with van der Waals surface area (Å²) in [5.41, 5.74) is 2.15. The second-order valence-corrected chi connectivity index (χ2v) is 6.48. The predicted molar refractivity (Wildman–Crippen MR) is 77.3 cm³/mol. The molecule has 0 atom stereocenters. The Morgan fingerprint density at radius 2 is 1.86 bits per heavy atom. The van der Waals surface area contributed by atoms with Crippen LogP contribution in [0.15, 0.2) is 42.5 Å². The van der Waals surface area contributed by atoms with Gasteiger partial charge in [-0.15, -0.1) is 0 Å². The Bertz CT molecular complexity index is 764. The second-order valence-electron chi connectivity index (χ2n) is 4.80. The van der Waals surface area contributed by atoms with Gasteiger partial charge >= 0.3 is 10.2 Å². The Hall–Kier alpha value is -1.99. The van der Waals surface area contributed by atoms with Crippen LogP contribution in [-0.4, -0.2) is 24.3 Å². The zero-order valence-electron chi connectivity index (χ0n) is 11.2. The van der Waals surface area contributed by atoms with E-state index in [2.05, 4.69) is 9.71 Å². The molecule has 1 aromatic heterocycles. The van der Waals surface area contributed by atoms with Crippen molar-refractivity contribution >= 4 is 16.0 Å². The van der Waals surface area contributed by atoms with E-state index >= 15 is 0 Å². The average molecular weight is 307 g/mol. The molecular weight excluding hydrogens is 293 g/mol. The molecule has 0 radical (unpaired) electrons. The van der Waals surface area contributed by atoms with Gasteiger partial charge in [0.2, 0.25) is 5.95 Å². The Morgan fingerprint density at radius 1 is 1.10 bits per heavy atom. The molecule has 0 fully saturated rings. The highest BCUT2D eigenvalue weighted by Gasteiger charge is 2.26. The first-order valence-electron chi connectivity index (χ1n) is 6.52. The van der Waals surface area contributed by atoms with Gasteiger partial charge < -0.3 is 0 Å². The zero-order valence-corrected chi connectivity index (χ0v) is 12.0. The van der Waals surface area contributed by atoms with Crippen molar-refractivity contribution < 1.29 is 12.8 Å². The Morgan fingerprint density at radius 3 is 2.62 bits per heavy atom. The van der Waals surface area contributed by atoms with Crippen LogP contribution in [0, 0.1) is 5.95 Å². The fourth-order valence-electron chi connectivity index (χ4n) is 2.34. The SMILES string of the molecule is O=S(=O)(Nc1cccc(F)n1)N1CCc2ccccc2C1. The summed E-state index contributed by atoms with van der Waals surface area (Å²) in [6, 6.07) is 11.7. The van der Waals surface area contributed by atoms with Gasteiger partial charge in [0.05, 0.1) is 0 Å². The van der Waals surface area contributed by atoms with Crippen molar-refractivity contribution in [2.75, 3.05) is 11.3 Å². The van der Waals surface area contributed by atoms with Gasteiger partial charge in [-0.25, -0.2) is 4.98 Å². The molecule has 1 aliphatic heterocycles. The molecule has 0 saturated carbocycles. The summed E-state index contributed by atoms with van der Waals surface area (Å²) in [6.07, 6.45) is 0.660. The van der Waals surface area contributed by atoms with Gasteiger partial charge in [0.1, 0.15) is 5.82 Å². The van der Waals surface area contributed by atoms with E-state index in [1.54, 1.807) is 0 Å². The van der Waals surface area contributed by atoms with Gasteiger partial charge in [0.15, 0.2) is 0 Å². The van der Waals surface area contributed by atoms with Crippen LogP contribution in [0.3, 0.4) is 0 Å². The van der Waals surface area contributed by atoms with Crippen molar-refractivity contribution in [3.05, 3.63) is 59.5 Å². The van der Waals surface area contributed by atoms with E-state index in [0.29, 0.717) is 19.5 Å². The number of benzene rings is 1. The lowest BCUT2D eigenvalue weighted by Crippen LogP contribution is -2.39. The number of anilines is 1. The number of aromatic nitrogens is 1. The standard InChI is InChI=1S/C14H14FN3O2S/c15-13-6-3-7-14(16-13)17-21(19,20)18-9-8-11-4-1-2-5-12(11)10-18/h1-7H,8-10H2,(H,16,17). The maximum Gasteiger partial charge on any atom is 0.303 e. The van der Waals surface area contributed by atoms with E-state index in [9.17, 15) is 12.8 Å². The minimum absolute atomic E-state index is 0.0196. The molecule has 0 aliphatic carbocycles. The highest BCUT2D eigenvalue weighted by molar-refractivity contribution is 7.90. The summed E-state index contributed by atoms with van der Waals surface area (Å²) < 4.78 is 41.3. The van der Waals surface area contributed by atoms with E-state index in [4.69, 9.17) is 0 Å². The molecule has 0 amide bonds. The Balaban J connectivity index is 1.80. The molecule has 2 heterocycles. The molecule has 5 nitrogen and oxygen atoms in total. The van der Waals surface area contributed by atoms with Gasteiger partial charge in [0.25, 0.3) is 0 Å². The summed E-state index contributed by atoms with van der Waals surface area (Å²) in [6.45, 7) is 0.697. The molecule has 110 valence electrons. The number of halogens is 1. The first-order valence-corrected chi connectivity index (χ1v) is 7.96. The van der Waals surface area contributed by atoms with Crippen LogP contribution in [0.4, 0.5) is 10.2 Å².